The van der Waals surface area contributed by atoms with Crippen molar-refractivity contribution in [2.45, 2.75) is 59.0 Å². The summed E-state index contributed by atoms with van der Waals surface area (Å²) in [5.41, 5.74) is -0.381. The Bertz CT molecular complexity index is 161. The Balaban J connectivity index is 2.51. The molecule has 1 heteroatoms. The Hall–Kier alpha value is -0.0400. The Kier molecular flexibility index (Phi) is 3.39. The van der Waals surface area contributed by atoms with Crippen LogP contribution in [-0.2, 0) is 0 Å². The van der Waals surface area contributed by atoms with E-state index >= 15 is 0 Å². The normalized spacial score (nSPS) is 36.9. The van der Waals surface area contributed by atoms with Gasteiger partial charge in [-0.2, -0.15) is 0 Å². The maximum atomic E-state index is 10.1. The van der Waals surface area contributed by atoms with Crippen molar-refractivity contribution in [3.8, 4) is 0 Å². The largest absolute Gasteiger partial charge is 0.390 e. The van der Waals surface area contributed by atoms with Gasteiger partial charge in [-0.15, -0.1) is 0 Å². The van der Waals surface area contributed by atoms with E-state index in [0.29, 0.717) is 11.8 Å². The van der Waals surface area contributed by atoms with E-state index in [-0.39, 0.29) is 5.60 Å². The average molecular weight is 184 g/mol. The van der Waals surface area contributed by atoms with Gasteiger partial charge in [0.1, 0.15) is 0 Å². The second-order valence-corrected chi connectivity index (χ2v) is 5.46. The summed E-state index contributed by atoms with van der Waals surface area (Å²) >= 11 is 0. The van der Waals surface area contributed by atoms with Crippen molar-refractivity contribution < 1.29 is 5.11 Å². The standard InChI is InChI=1S/C12H24O/c1-9(2)8-10(3)11-6-5-7-12(11,4)13/h9-11,13H,5-8H2,1-4H3. The van der Waals surface area contributed by atoms with Gasteiger partial charge in [-0.25, -0.2) is 0 Å². The van der Waals surface area contributed by atoms with Gasteiger partial charge in [-0.05, 0) is 43.9 Å². The molecule has 0 radical (unpaired) electrons. The monoisotopic (exact) mass is 184 g/mol. The van der Waals surface area contributed by atoms with Gasteiger partial charge in [-0.1, -0.05) is 27.2 Å². The molecule has 0 spiro atoms. The van der Waals surface area contributed by atoms with Crippen LogP contribution in [0.25, 0.3) is 0 Å². The minimum absolute atomic E-state index is 0.381. The molecule has 0 bridgehead atoms. The Labute approximate surface area is 82.5 Å². The summed E-state index contributed by atoms with van der Waals surface area (Å²) in [6.45, 7) is 8.84. The summed E-state index contributed by atoms with van der Waals surface area (Å²) in [4.78, 5) is 0. The van der Waals surface area contributed by atoms with Crippen molar-refractivity contribution in [2.75, 3.05) is 0 Å². The third-order valence-corrected chi connectivity index (χ3v) is 3.53. The first-order valence-corrected chi connectivity index (χ1v) is 5.66. The molecule has 0 aromatic rings. The van der Waals surface area contributed by atoms with Gasteiger partial charge < -0.3 is 5.11 Å². The summed E-state index contributed by atoms with van der Waals surface area (Å²) in [7, 11) is 0. The van der Waals surface area contributed by atoms with E-state index in [9.17, 15) is 5.11 Å². The Morgan fingerprint density at radius 3 is 2.38 bits per heavy atom. The maximum absolute atomic E-state index is 10.1. The van der Waals surface area contributed by atoms with Gasteiger partial charge in [0.15, 0.2) is 0 Å². The molecule has 1 rings (SSSR count). The van der Waals surface area contributed by atoms with Gasteiger partial charge in [0.2, 0.25) is 0 Å². The number of rotatable bonds is 3. The first-order valence-electron chi connectivity index (χ1n) is 5.66. The highest BCUT2D eigenvalue weighted by Crippen LogP contribution is 2.41. The molecule has 0 aromatic carbocycles. The Morgan fingerprint density at radius 2 is 2.00 bits per heavy atom. The van der Waals surface area contributed by atoms with E-state index < -0.39 is 0 Å². The van der Waals surface area contributed by atoms with Crippen LogP contribution in [0.1, 0.15) is 53.4 Å². The van der Waals surface area contributed by atoms with Crippen molar-refractivity contribution >= 4 is 0 Å². The summed E-state index contributed by atoms with van der Waals surface area (Å²) in [5, 5.41) is 10.1. The fourth-order valence-corrected chi connectivity index (χ4v) is 2.98. The van der Waals surface area contributed by atoms with E-state index in [2.05, 4.69) is 20.8 Å². The molecule has 0 saturated heterocycles. The molecule has 1 aliphatic carbocycles. The van der Waals surface area contributed by atoms with Crippen LogP contribution in [0.5, 0.6) is 0 Å². The third kappa shape index (κ3) is 2.70. The summed E-state index contributed by atoms with van der Waals surface area (Å²) in [5.74, 6) is 1.97. The molecule has 1 N–H and O–H groups in total. The van der Waals surface area contributed by atoms with Crippen LogP contribution < -0.4 is 0 Å². The molecule has 0 aliphatic heterocycles. The first kappa shape index (κ1) is 11.0. The van der Waals surface area contributed by atoms with Crippen molar-refractivity contribution in [1.82, 2.24) is 0 Å². The minimum atomic E-state index is -0.381. The third-order valence-electron chi connectivity index (χ3n) is 3.53. The van der Waals surface area contributed by atoms with Crippen molar-refractivity contribution in [1.29, 1.82) is 0 Å². The molecule has 0 aromatic heterocycles. The van der Waals surface area contributed by atoms with Gasteiger partial charge in [0, 0.05) is 0 Å². The predicted molar refractivity (Wildman–Crippen MR) is 56.6 cm³/mol. The second kappa shape index (κ2) is 4.00. The molecule has 3 unspecified atom stereocenters. The first-order chi connectivity index (χ1) is 5.93. The SMILES string of the molecule is CC(C)CC(C)C1CCCC1(C)O. The average Bonchev–Trinajstić information content (AvgIpc) is 2.27. The lowest BCUT2D eigenvalue weighted by Gasteiger charge is -2.31. The van der Waals surface area contributed by atoms with Gasteiger partial charge in [0.25, 0.3) is 0 Å². The van der Waals surface area contributed by atoms with Gasteiger partial charge in [-0.3, -0.25) is 0 Å². The lowest BCUT2D eigenvalue weighted by Crippen LogP contribution is -2.33. The van der Waals surface area contributed by atoms with Crippen LogP contribution in [0.4, 0.5) is 0 Å². The van der Waals surface area contributed by atoms with Gasteiger partial charge in [0.05, 0.1) is 5.60 Å². The zero-order valence-electron chi connectivity index (χ0n) is 9.51. The molecule has 1 saturated carbocycles. The van der Waals surface area contributed by atoms with E-state index in [1.165, 1.54) is 19.3 Å². The lowest BCUT2D eigenvalue weighted by atomic mass is 9.79. The maximum Gasteiger partial charge on any atom is 0.0650 e. The molecule has 0 heterocycles. The smallest absolute Gasteiger partial charge is 0.0650 e. The number of hydrogen-bond acceptors (Lipinski definition) is 1. The zero-order chi connectivity index (χ0) is 10.1. The molecule has 13 heavy (non-hydrogen) atoms. The number of aliphatic hydroxyl groups is 1. The van der Waals surface area contributed by atoms with Crippen molar-refractivity contribution in [3.63, 3.8) is 0 Å². The van der Waals surface area contributed by atoms with Gasteiger partial charge >= 0.3 is 0 Å². The molecule has 0 amide bonds. The van der Waals surface area contributed by atoms with Crippen molar-refractivity contribution in [3.05, 3.63) is 0 Å². The van der Waals surface area contributed by atoms with E-state index in [0.717, 1.165) is 12.3 Å². The van der Waals surface area contributed by atoms with E-state index in [1.54, 1.807) is 0 Å². The summed E-state index contributed by atoms with van der Waals surface area (Å²) < 4.78 is 0. The molecule has 1 aliphatic rings. The number of hydrogen-bond donors (Lipinski definition) is 1. The van der Waals surface area contributed by atoms with E-state index in [1.807, 2.05) is 6.92 Å². The highest BCUT2D eigenvalue weighted by atomic mass is 16.3. The fraction of sp³-hybridized carbons (Fsp3) is 1.00. The highest BCUT2D eigenvalue weighted by molar-refractivity contribution is 4.91. The lowest BCUT2D eigenvalue weighted by molar-refractivity contribution is -0.00392. The molecule has 3 atom stereocenters. The molecular formula is C12H24O. The molecule has 78 valence electrons. The van der Waals surface area contributed by atoms with Crippen molar-refractivity contribution in [2.24, 2.45) is 17.8 Å². The van der Waals surface area contributed by atoms with E-state index in [4.69, 9.17) is 0 Å². The van der Waals surface area contributed by atoms with Crippen LogP contribution in [0.15, 0.2) is 0 Å². The minimum Gasteiger partial charge on any atom is -0.390 e. The fourth-order valence-electron chi connectivity index (χ4n) is 2.98. The summed E-state index contributed by atoms with van der Waals surface area (Å²) in [6.07, 6.45) is 4.68. The van der Waals surface area contributed by atoms with Crippen LogP contribution in [-0.4, -0.2) is 10.7 Å². The summed E-state index contributed by atoms with van der Waals surface area (Å²) in [6, 6.07) is 0. The highest BCUT2D eigenvalue weighted by Gasteiger charge is 2.39. The molecule has 1 nitrogen and oxygen atoms in total. The second-order valence-electron chi connectivity index (χ2n) is 5.46. The van der Waals surface area contributed by atoms with Crippen LogP contribution in [0, 0.1) is 17.8 Å². The van der Waals surface area contributed by atoms with Crippen LogP contribution >= 0.6 is 0 Å². The Morgan fingerprint density at radius 1 is 1.38 bits per heavy atom. The van der Waals surface area contributed by atoms with Crippen LogP contribution in [0.3, 0.4) is 0 Å². The molecule has 1 fully saturated rings. The topological polar surface area (TPSA) is 20.2 Å². The van der Waals surface area contributed by atoms with Crippen LogP contribution in [0.2, 0.25) is 0 Å². The quantitative estimate of drug-likeness (QED) is 0.714. The predicted octanol–water partition coefficient (Wildman–Crippen LogP) is 3.22. The zero-order valence-corrected chi connectivity index (χ0v) is 9.51. The molecular weight excluding hydrogens is 160 g/mol.